The molecule has 0 spiro atoms. The molecule has 100 valence electrons. The zero-order valence-electron chi connectivity index (χ0n) is 11.1. The first-order valence-electron chi connectivity index (χ1n) is 6.30. The summed E-state index contributed by atoms with van der Waals surface area (Å²) in [5.41, 5.74) is 1.29. The van der Waals surface area contributed by atoms with Gasteiger partial charge in [0, 0.05) is 18.4 Å². The predicted molar refractivity (Wildman–Crippen MR) is 73.5 cm³/mol. The number of rotatable bonds is 5. The highest BCUT2D eigenvalue weighted by molar-refractivity contribution is 6.03. The van der Waals surface area contributed by atoms with Gasteiger partial charge in [0.05, 0.1) is 6.61 Å². The van der Waals surface area contributed by atoms with Crippen LogP contribution in [-0.4, -0.2) is 22.3 Å². The van der Waals surface area contributed by atoms with Gasteiger partial charge in [0.1, 0.15) is 11.4 Å². The summed E-state index contributed by atoms with van der Waals surface area (Å²) in [6.07, 6.45) is 1.62. The van der Waals surface area contributed by atoms with Crippen molar-refractivity contribution in [3.05, 3.63) is 42.2 Å². The number of nitrogens with one attached hydrogen (secondary N) is 1. The zero-order valence-corrected chi connectivity index (χ0v) is 11.1. The third kappa shape index (κ3) is 3.13. The van der Waals surface area contributed by atoms with Crippen molar-refractivity contribution in [2.24, 2.45) is 0 Å². The van der Waals surface area contributed by atoms with Gasteiger partial charge in [-0.05, 0) is 44.2 Å². The topological polar surface area (TPSA) is 56.1 Å². The molecule has 1 N–H and O–H groups in total. The van der Waals surface area contributed by atoms with Gasteiger partial charge in [-0.3, -0.25) is 9.48 Å². The lowest BCUT2D eigenvalue weighted by Gasteiger charge is -2.08. The van der Waals surface area contributed by atoms with Gasteiger partial charge in [0.25, 0.3) is 5.91 Å². The average molecular weight is 259 g/mol. The Hall–Kier alpha value is -2.30. The van der Waals surface area contributed by atoms with Gasteiger partial charge in [0.15, 0.2) is 0 Å². The van der Waals surface area contributed by atoms with Crippen molar-refractivity contribution in [2.75, 3.05) is 11.9 Å². The first kappa shape index (κ1) is 13.1. The first-order chi connectivity index (χ1) is 9.24. The van der Waals surface area contributed by atoms with E-state index in [4.69, 9.17) is 4.74 Å². The molecule has 5 nitrogen and oxygen atoms in total. The van der Waals surface area contributed by atoms with Crippen LogP contribution in [0.5, 0.6) is 5.75 Å². The lowest BCUT2D eigenvalue weighted by molar-refractivity contribution is 0.101. The predicted octanol–water partition coefficient (Wildman–Crippen LogP) is 2.55. The van der Waals surface area contributed by atoms with E-state index in [0.29, 0.717) is 18.8 Å². The second-order valence-electron chi connectivity index (χ2n) is 3.94. The van der Waals surface area contributed by atoms with E-state index in [1.165, 1.54) is 0 Å². The summed E-state index contributed by atoms with van der Waals surface area (Å²) < 4.78 is 7.00. The average Bonchev–Trinajstić information content (AvgIpc) is 2.90. The van der Waals surface area contributed by atoms with Crippen molar-refractivity contribution < 1.29 is 9.53 Å². The van der Waals surface area contributed by atoms with Crippen LogP contribution in [0.25, 0.3) is 0 Å². The van der Waals surface area contributed by atoms with Crippen molar-refractivity contribution in [2.45, 2.75) is 20.4 Å². The minimum atomic E-state index is -0.163. The number of nitrogens with zero attached hydrogens (tertiary/aromatic N) is 2. The van der Waals surface area contributed by atoms with Crippen molar-refractivity contribution in [3.8, 4) is 5.75 Å². The second-order valence-corrected chi connectivity index (χ2v) is 3.94. The minimum absolute atomic E-state index is 0.163. The van der Waals surface area contributed by atoms with E-state index in [0.717, 1.165) is 11.4 Å². The van der Waals surface area contributed by atoms with Crippen molar-refractivity contribution in [1.29, 1.82) is 0 Å². The van der Waals surface area contributed by atoms with E-state index < -0.39 is 0 Å². The van der Waals surface area contributed by atoms with Crippen LogP contribution < -0.4 is 10.1 Å². The van der Waals surface area contributed by atoms with E-state index in [9.17, 15) is 4.79 Å². The molecule has 0 atom stereocenters. The van der Waals surface area contributed by atoms with Crippen LogP contribution in [0.15, 0.2) is 36.5 Å². The third-order valence-corrected chi connectivity index (χ3v) is 2.67. The first-order valence-corrected chi connectivity index (χ1v) is 6.30. The van der Waals surface area contributed by atoms with Crippen molar-refractivity contribution >= 4 is 11.6 Å². The summed E-state index contributed by atoms with van der Waals surface area (Å²) in [6.45, 7) is 5.17. The summed E-state index contributed by atoms with van der Waals surface area (Å²) in [5.74, 6) is 0.627. The van der Waals surface area contributed by atoms with Crippen molar-refractivity contribution in [3.63, 3.8) is 0 Å². The molecule has 1 aromatic carbocycles. The van der Waals surface area contributed by atoms with Crippen LogP contribution in [0.4, 0.5) is 5.69 Å². The number of amides is 1. The van der Waals surface area contributed by atoms with E-state index in [-0.39, 0.29) is 5.91 Å². The SMILES string of the molecule is CCOc1ccc(NC(=O)c2ccnn2CC)cc1. The molecule has 0 fully saturated rings. The number of benzene rings is 1. The standard InChI is InChI=1S/C14H17N3O2/c1-3-17-13(9-10-15-17)14(18)16-11-5-7-12(8-6-11)19-4-2/h5-10H,3-4H2,1-2H3,(H,16,18). The molecule has 2 aromatic rings. The normalized spacial score (nSPS) is 10.2. The quantitative estimate of drug-likeness (QED) is 0.897. The molecule has 1 heterocycles. The van der Waals surface area contributed by atoms with Gasteiger partial charge in [-0.15, -0.1) is 0 Å². The minimum Gasteiger partial charge on any atom is -0.494 e. The summed E-state index contributed by atoms with van der Waals surface area (Å²) in [5, 5.41) is 6.90. The monoisotopic (exact) mass is 259 g/mol. The Kier molecular flexibility index (Phi) is 4.18. The summed E-state index contributed by atoms with van der Waals surface area (Å²) in [7, 11) is 0. The van der Waals surface area contributed by atoms with E-state index in [1.807, 2.05) is 38.1 Å². The Balaban J connectivity index is 2.06. The number of aryl methyl sites for hydroxylation is 1. The number of anilines is 1. The largest absolute Gasteiger partial charge is 0.494 e. The molecular formula is C14H17N3O2. The fourth-order valence-corrected chi connectivity index (χ4v) is 1.77. The second kappa shape index (κ2) is 6.04. The van der Waals surface area contributed by atoms with Crippen LogP contribution in [-0.2, 0) is 6.54 Å². The number of carbonyl (C=O) groups is 1. The van der Waals surface area contributed by atoms with Crippen LogP contribution in [0.2, 0.25) is 0 Å². The Morgan fingerprint density at radius 2 is 2.00 bits per heavy atom. The Labute approximate surface area is 112 Å². The molecule has 0 unspecified atom stereocenters. The molecular weight excluding hydrogens is 242 g/mol. The van der Waals surface area contributed by atoms with Gasteiger partial charge >= 0.3 is 0 Å². The highest BCUT2D eigenvalue weighted by Gasteiger charge is 2.11. The van der Waals surface area contributed by atoms with Crippen LogP contribution in [0.1, 0.15) is 24.3 Å². The zero-order chi connectivity index (χ0) is 13.7. The highest BCUT2D eigenvalue weighted by Crippen LogP contribution is 2.16. The molecule has 19 heavy (non-hydrogen) atoms. The molecule has 0 saturated heterocycles. The molecule has 0 aliphatic rings. The maximum Gasteiger partial charge on any atom is 0.273 e. The molecule has 2 rings (SSSR count). The molecule has 0 bridgehead atoms. The molecule has 0 saturated carbocycles. The molecule has 1 aromatic heterocycles. The Morgan fingerprint density at radius 3 is 2.63 bits per heavy atom. The Bertz CT molecular complexity index is 546. The molecule has 1 amide bonds. The molecule has 0 aliphatic heterocycles. The number of carbonyl (C=O) groups excluding carboxylic acids is 1. The number of hydrogen-bond acceptors (Lipinski definition) is 3. The Morgan fingerprint density at radius 1 is 1.26 bits per heavy atom. The molecule has 0 aliphatic carbocycles. The molecule has 0 radical (unpaired) electrons. The summed E-state index contributed by atoms with van der Waals surface area (Å²) >= 11 is 0. The fraction of sp³-hybridized carbons (Fsp3) is 0.286. The van der Waals surface area contributed by atoms with Gasteiger partial charge < -0.3 is 10.1 Å². The summed E-state index contributed by atoms with van der Waals surface area (Å²) in [4.78, 5) is 12.1. The lowest BCUT2D eigenvalue weighted by Crippen LogP contribution is -2.17. The number of ether oxygens (including phenoxy) is 1. The van der Waals surface area contributed by atoms with E-state index in [1.54, 1.807) is 16.9 Å². The van der Waals surface area contributed by atoms with Crippen molar-refractivity contribution in [1.82, 2.24) is 9.78 Å². The maximum atomic E-state index is 12.1. The van der Waals surface area contributed by atoms with Crippen LogP contribution in [0, 0.1) is 0 Å². The van der Waals surface area contributed by atoms with Gasteiger partial charge in [-0.25, -0.2) is 0 Å². The van der Waals surface area contributed by atoms with Crippen LogP contribution >= 0.6 is 0 Å². The van der Waals surface area contributed by atoms with Gasteiger partial charge in [-0.1, -0.05) is 0 Å². The number of aromatic nitrogens is 2. The lowest BCUT2D eigenvalue weighted by atomic mass is 10.3. The van der Waals surface area contributed by atoms with Crippen LogP contribution in [0.3, 0.4) is 0 Å². The maximum absolute atomic E-state index is 12.1. The van der Waals surface area contributed by atoms with E-state index in [2.05, 4.69) is 10.4 Å². The fourth-order valence-electron chi connectivity index (χ4n) is 1.77. The summed E-state index contributed by atoms with van der Waals surface area (Å²) in [6, 6.07) is 8.99. The molecule has 5 heteroatoms. The third-order valence-electron chi connectivity index (χ3n) is 2.67. The number of hydrogen-bond donors (Lipinski definition) is 1. The smallest absolute Gasteiger partial charge is 0.273 e. The highest BCUT2D eigenvalue weighted by atomic mass is 16.5. The van der Waals surface area contributed by atoms with Gasteiger partial charge in [-0.2, -0.15) is 5.10 Å². The van der Waals surface area contributed by atoms with E-state index >= 15 is 0 Å². The van der Waals surface area contributed by atoms with Gasteiger partial charge in [0.2, 0.25) is 0 Å².